The highest BCUT2D eigenvalue weighted by molar-refractivity contribution is 6.36. The van der Waals surface area contributed by atoms with Crippen LogP contribution in [0.1, 0.15) is 6.42 Å². The van der Waals surface area contributed by atoms with Gasteiger partial charge in [0.05, 0.1) is 38.6 Å². The van der Waals surface area contributed by atoms with Gasteiger partial charge in [-0.1, -0.05) is 0 Å². The number of esters is 3. The van der Waals surface area contributed by atoms with Crippen molar-refractivity contribution in [3.8, 4) is 0 Å². The van der Waals surface area contributed by atoms with Gasteiger partial charge in [0, 0.05) is 0 Å². The van der Waals surface area contributed by atoms with E-state index in [0.29, 0.717) is 0 Å². The molecule has 0 amide bonds. The van der Waals surface area contributed by atoms with Crippen molar-refractivity contribution in [2.45, 2.75) is 12.5 Å². The first-order chi connectivity index (χ1) is 8.96. The Bertz CT molecular complexity index is 429. The molecule has 2 atom stereocenters. The van der Waals surface area contributed by atoms with Gasteiger partial charge in [0.1, 0.15) is 0 Å². The summed E-state index contributed by atoms with van der Waals surface area (Å²) in [4.78, 5) is 38.7. The fourth-order valence-electron chi connectivity index (χ4n) is 1.63. The lowest BCUT2D eigenvalue weighted by Crippen LogP contribution is -2.37. The van der Waals surface area contributed by atoms with Crippen LogP contribution in [0.25, 0.3) is 0 Å². The zero-order valence-corrected chi connectivity index (χ0v) is 10.6. The molecule has 9 heteroatoms. The van der Waals surface area contributed by atoms with Crippen LogP contribution in [0.5, 0.6) is 0 Å². The molecule has 0 spiro atoms. The largest absolute Gasteiger partial charge is 0.469 e. The zero-order valence-electron chi connectivity index (χ0n) is 10.6. The standard InChI is InChI=1S/C10H13NO8/c1-16-6(12)4-5-7(9(13)17-2)11(15)19-8(5)10(14)18-3/h5,8H,4H2,1-3H3/t5-,8+/m0/s1. The predicted molar refractivity (Wildman–Crippen MR) is 57.7 cm³/mol. The van der Waals surface area contributed by atoms with E-state index in [4.69, 9.17) is 0 Å². The van der Waals surface area contributed by atoms with E-state index in [1.807, 2.05) is 0 Å². The highest BCUT2D eigenvalue weighted by Gasteiger charge is 2.50. The average Bonchev–Trinajstić information content (AvgIpc) is 2.73. The summed E-state index contributed by atoms with van der Waals surface area (Å²) in [5.41, 5.74) is -0.483. The smallest absolute Gasteiger partial charge is 0.405 e. The maximum absolute atomic E-state index is 11.5. The molecule has 1 aliphatic rings. The number of nitrogens with zero attached hydrogens (tertiary/aromatic N) is 1. The van der Waals surface area contributed by atoms with Gasteiger partial charge in [-0.3, -0.25) is 14.8 Å². The Morgan fingerprint density at radius 2 is 1.84 bits per heavy atom. The molecule has 106 valence electrons. The van der Waals surface area contributed by atoms with Crippen LogP contribution in [0.4, 0.5) is 0 Å². The maximum Gasteiger partial charge on any atom is 0.405 e. The van der Waals surface area contributed by atoms with E-state index in [-0.39, 0.29) is 11.3 Å². The fourth-order valence-corrected chi connectivity index (χ4v) is 1.63. The predicted octanol–water partition coefficient (Wildman–Crippen LogP) is -1.22. The normalized spacial score (nSPS) is 21.6. The Kier molecular flexibility index (Phi) is 4.67. The molecule has 1 aliphatic heterocycles. The molecule has 0 unspecified atom stereocenters. The first-order valence-electron chi connectivity index (χ1n) is 5.20. The molecule has 0 radical (unpaired) electrons. The van der Waals surface area contributed by atoms with E-state index in [0.717, 1.165) is 21.3 Å². The van der Waals surface area contributed by atoms with Gasteiger partial charge in [-0.2, -0.15) is 0 Å². The summed E-state index contributed by atoms with van der Waals surface area (Å²) in [6, 6.07) is 0. The third-order valence-corrected chi connectivity index (χ3v) is 2.56. The SMILES string of the molecule is COC(=O)C[C@H]1C(C(=O)OC)=[N+]([O-])O[C@H]1C(=O)OC. The Hall–Kier alpha value is -2.32. The average molecular weight is 275 g/mol. The molecule has 0 fully saturated rings. The second-order valence-corrected chi connectivity index (χ2v) is 3.57. The minimum Gasteiger partial charge on any atom is -0.469 e. The summed E-state index contributed by atoms with van der Waals surface area (Å²) in [7, 11) is 3.29. The molecule has 0 bridgehead atoms. The number of hydrogen-bond acceptors (Lipinski definition) is 8. The van der Waals surface area contributed by atoms with Gasteiger partial charge >= 0.3 is 23.6 Å². The van der Waals surface area contributed by atoms with Crippen LogP contribution in [0.3, 0.4) is 0 Å². The molecule has 0 aromatic rings. The number of carbonyl (C=O) groups excluding carboxylic acids is 3. The maximum atomic E-state index is 11.5. The van der Waals surface area contributed by atoms with E-state index >= 15 is 0 Å². The molecule has 19 heavy (non-hydrogen) atoms. The van der Waals surface area contributed by atoms with Crippen molar-refractivity contribution in [2.24, 2.45) is 5.92 Å². The third-order valence-electron chi connectivity index (χ3n) is 2.56. The monoisotopic (exact) mass is 275 g/mol. The number of carbonyl (C=O) groups is 3. The summed E-state index contributed by atoms with van der Waals surface area (Å²) < 4.78 is 13.3. The molecule has 0 saturated carbocycles. The number of ether oxygens (including phenoxy) is 3. The van der Waals surface area contributed by atoms with E-state index in [2.05, 4.69) is 19.0 Å². The molecule has 0 aromatic heterocycles. The lowest BCUT2D eigenvalue weighted by atomic mass is 9.93. The Morgan fingerprint density at radius 3 is 2.32 bits per heavy atom. The summed E-state index contributed by atoms with van der Waals surface area (Å²) in [6.45, 7) is 0. The first kappa shape index (κ1) is 14.7. The van der Waals surface area contributed by atoms with Crippen molar-refractivity contribution in [1.82, 2.24) is 0 Å². The highest BCUT2D eigenvalue weighted by Crippen LogP contribution is 2.24. The van der Waals surface area contributed by atoms with E-state index in [1.54, 1.807) is 0 Å². The lowest BCUT2D eigenvalue weighted by Gasteiger charge is -2.14. The summed E-state index contributed by atoms with van der Waals surface area (Å²) in [6.07, 6.45) is -1.78. The molecule has 0 saturated heterocycles. The number of rotatable bonds is 4. The quantitative estimate of drug-likeness (QED) is 0.356. The van der Waals surface area contributed by atoms with Crippen molar-refractivity contribution in [3.05, 3.63) is 5.21 Å². The molecule has 1 rings (SSSR count). The molecule has 9 nitrogen and oxygen atoms in total. The molecule has 0 aliphatic carbocycles. The van der Waals surface area contributed by atoms with Crippen molar-refractivity contribution >= 4 is 23.6 Å². The van der Waals surface area contributed by atoms with Crippen molar-refractivity contribution < 1.29 is 38.3 Å². The van der Waals surface area contributed by atoms with Gasteiger partial charge in [0.15, 0.2) is 6.10 Å². The van der Waals surface area contributed by atoms with Crippen molar-refractivity contribution in [2.75, 3.05) is 21.3 Å². The second kappa shape index (κ2) is 6.03. The van der Waals surface area contributed by atoms with Crippen LogP contribution in [0.2, 0.25) is 0 Å². The molecular weight excluding hydrogens is 262 g/mol. The van der Waals surface area contributed by atoms with Gasteiger partial charge in [0.25, 0.3) is 0 Å². The van der Waals surface area contributed by atoms with Gasteiger partial charge in [-0.25, -0.2) is 4.79 Å². The molecular formula is C10H13NO8. The van der Waals surface area contributed by atoms with Gasteiger partial charge in [-0.15, -0.1) is 0 Å². The number of hydrogen-bond donors (Lipinski definition) is 0. The minimum atomic E-state index is -1.39. The second-order valence-electron chi connectivity index (χ2n) is 3.57. The van der Waals surface area contributed by atoms with E-state index < -0.39 is 35.6 Å². The molecule has 1 heterocycles. The summed E-state index contributed by atoms with van der Waals surface area (Å²) in [5, 5.41) is 11.5. The van der Waals surface area contributed by atoms with Gasteiger partial charge in [0.2, 0.25) is 0 Å². The Balaban J connectivity index is 3.05. The van der Waals surface area contributed by atoms with Crippen LogP contribution in [0, 0.1) is 11.1 Å². The van der Waals surface area contributed by atoms with Crippen molar-refractivity contribution in [1.29, 1.82) is 0 Å². The molecule has 0 aromatic carbocycles. The summed E-state index contributed by atoms with van der Waals surface area (Å²) in [5.74, 6) is -3.70. The first-order valence-corrected chi connectivity index (χ1v) is 5.20. The van der Waals surface area contributed by atoms with Crippen LogP contribution >= 0.6 is 0 Å². The van der Waals surface area contributed by atoms with Crippen LogP contribution in [-0.4, -0.2) is 56.0 Å². The Labute approximate surface area is 108 Å². The number of methoxy groups -OCH3 is 3. The topological polar surface area (TPSA) is 114 Å². The van der Waals surface area contributed by atoms with E-state index in [1.165, 1.54) is 0 Å². The van der Waals surface area contributed by atoms with Crippen molar-refractivity contribution in [3.63, 3.8) is 0 Å². The van der Waals surface area contributed by atoms with Gasteiger partial charge < -0.3 is 19.0 Å². The molecule has 0 N–H and O–H groups in total. The van der Waals surface area contributed by atoms with Crippen LogP contribution < -0.4 is 0 Å². The zero-order chi connectivity index (χ0) is 14.6. The van der Waals surface area contributed by atoms with E-state index in [9.17, 15) is 19.6 Å². The fraction of sp³-hybridized carbons (Fsp3) is 0.600. The van der Waals surface area contributed by atoms with Crippen LogP contribution in [0.15, 0.2) is 0 Å². The highest BCUT2D eigenvalue weighted by atomic mass is 16.9. The lowest BCUT2D eigenvalue weighted by molar-refractivity contribution is -0.737. The van der Waals surface area contributed by atoms with Gasteiger partial charge in [-0.05, 0) is 0 Å². The van der Waals surface area contributed by atoms with Crippen LogP contribution in [-0.2, 0) is 33.4 Å². The third kappa shape index (κ3) is 2.92. The Morgan fingerprint density at radius 1 is 1.21 bits per heavy atom. The summed E-state index contributed by atoms with van der Waals surface area (Å²) >= 11 is 0. The minimum absolute atomic E-state index is 0.138.